The van der Waals surface area contributed by atoms with Gasteiger partial charge in [-0.15, -0.1) is 0 Å². The number of nitrogens with zero attached hydrogens (tertiary/aromatic N) is 2. The van der Waals surface area contributed by atoms with Crippen LogP contribution in [0.25, 0.3) is 0 Å². The molecule has 1 atom stereocenters. The average Bonchev–Trinajstić information content (AvgIpc) is 3.09. The van der Waals surface area contributed by atoms with Crippen molar-refractivity contribution in [3.05, 3.63) is 76.5 Å². The van der Waals surface area contributed by atoms with Gasteiger partial charge in [0.1, 0.15) is 17.0 Å². The van der Waals surface area contributed by atoms with Crippen LogP contribution in [0.15, 0.2) is 48.5 Å². The van der Waals surface area contributed by atoms with Crippen molar-refractivity contribution in [1.29, 1.82) is 0 Å². The van der Waals surface area contributed by atoms with E-state index < -0.39 is 53.2 Å². The number of aromatic nitrogens is 2. The van der Waals surface area contributed by atoms with Crippen LogP contribution in [-0.4, -0.2) is 26.8 Å². The number of aromatic carboxylic acids is 1. The van der Waals surface area contributed by atoms with Gasteiger partial charge < -0.3 is 15.2 Å². The van der Waals surface area contributed by atoms with E-state index in [2.05, 4.69) is 10.4 Å². The molecule has 0 spiro atoms. The van der Waals surface area contributed by atoms with E-state index in [9.17, 15) is 31.5 Å². The molecule has 1 amide bonds. The lowest BCUT2D eigenvalue weighted by Gasteiger charge is -2.16. The van der Waals surface area contributed by atoms with Crippen molar-refractivity contribution in [2.45, 2.75) is 25.6 Å². The second kappa shape index (κ2) is 9.49. The minimum atomic E-state index is -4.66. The second-order valence-electron chi connectivity index (χ2n) is 7.24. The third kappa shape index (κ3) is 5.33. The van der Waals surface area contributed by atoms with E-state index >= 15 is 0 Å². The molecule has 1 aromatic heterocycles. The van der Waals surface area contributed by atoms with Crippen LogP contribution in [0, 0.1) is 0 Å². The number of carboxylic acids is 1. The van der Waals surface area contributed by atoms with E-state index in [0.29, 0.717) is 11.6 Å². The summed E-state index contributed by atoms with van der Waals surface area (Å²) in [5.41, 5.74) is -2.06. The van der Waals surface area contributed by atoms with Crippen LogP contribution in [0.1, 0.15) is 56.9 Å². The second-order valence-corrected chi connectivity index (χ2v) is 7.24. The predicted octanol–water partition coefficient (Wildman–Crippen LogP) is 5.36. The van der Waals surface area contributed by atoms with E-state index in [1.165, 1.54) is 37.4 Å². The molecule has 0 aliphatic heterocycles. The molecule has 0 fully saturated rings. The molecule has 3 rings (SSSR count). The summed E-state index contributed by atoms with van der Waals surface area (Å²) >= 11 is 0. The summed E-state index contributed by atoms with van der Waals surface area (Å²) in [5, 5.41) is 15.1. The largest absolute Gasteiger partial charge is 0.478 e. The highest BCUT2D eigenvalue weighted by atomic mass is 19.4. The van der Waals surface area contributed by atoms with Crippen LogP contribution >= 0.6 is 0 Å². The third-order valence-corrected chi connectivity index (χ3v) is 4.84. The first-order chi connectivity index (χ1) is 15.9. The van der Waals surface area contributed by atoms with Gasteiger partial charge in [0.2, 0.25) is 5.88 Å². The maximum atomic E-state index is 13.6. The molecule has 12 heteroatoms. The quantitative estimate of drug-likeness (QED) is 0.442. The van der Waals surface area contributed by atoms with Gasteiger partial charge >= 0.3 is 12.1 Å². The van der Waals surface area contributed by atoms with Gasteiger partial charge in [-0.05, 0) is 42.8 Å². The number of benzene rings is 2. The SMILES string of the molecule is C[C@@H](NC(=O)c1c(C(F)F)nn(C)c1Oc1cccc(C(F)(F)F)c1)c1ccc(C(=O)O)cc1. The Labute approximate surface area is 189 Å². The predicted molar refractivity (Wildman–Crippen MR) is 109 cm³/mol. The number of nitrogens with one attached hydrogen (secondary N) is 1. The van der Waals surface area contributed by atoms with Crippen molar-refractivity contribution in [2.75, 3.05) is 0 Å². The van der Waals surface area contributed by atoms with Crippen LogP contribution in [0.2, 0.25) is 0 Å². The summed E-state index contributed by atoms with van der Waals surface area (Å²) in [6.07, 6.45) is -7.83. The zero-order chi connectivity index (χ0) is 25.2. The summed E-state index contributed by atoms with van der Waals surface area (Å²) in [6.45, 7) is 1.54. The van der Waals surface area contributed by atoms with E-state index in [0.717, 1.165) is 16.8 Å². The molecule has 0 aliphatic carbocycles. The molecule has 3 aromatic rings. The van der Waals surface area contributed by atoms with Gasteiger partial charge in [0.25, 0.3) is 12.3 Å². The Morgan fingerprint density at radius 1 is 1.12 bits per heavy atom. The highest BCUT2D eigenvalue weighted by molar-refractivity contribution is 5.98. The average molecular weight is 483 g/mol. The fourth-order valence-electron chi connectivity index (χ4n) is 3.13. The molecular formula is C22H18F5N3O4. The van der Waals surface area contributed by atoms with E-state index in [1.807, 2.05) is 0 Å². The summed E-state index contributed by atoms with van der Waals surface area (Å²) in [6, 6.07) is 8.53. The molecule has 0 radical (unpaired) electrons. The van der Waals surface area contributed by atoms with E-state index in [4.69, 9.17) is 9.84 Å². The normalized spacial score (nSPS) is 12.5. The highest BCUT2D eigenvalue weighted by Gasteiger charge is 2.33. The number of hydrogen-bond donors (Lipinski definition) is 2. The van der Waals surface area contributed by atoms with Crippen molar-refractivity contribution >= 4 is 11.9 Å². The van der Waals surface area contributed by atoms with E-state index in [1.54, 1.807) is 6.92 Å². The lowest BCUT2D eigenvalue weighted by atomic mass is 10.1. The number of carbonyl (C=O) groups is 2. The Kier molecular flexibility index (Phi) is 6.89. The van der Waals surface area contributed by atoms with Crippen molar-refractivity contribution in [1.82, 2.24) is 15.1 Å². The Morgan fingerprint density at radius 2 is 1.76 bits per heavy atom. The van der Waals surface area contributed by atoms with Gasteiger partial charge in [0.15, 0.2) is 0 Å². The van der Waals surface area contributed by atoms with Crippen LogP contribution < -0.4 is 10.1 Å². The smallest absolute Gasteiger partial charge is 0.416 e. The molecule has 0 aliphatic rings. The van der Waals surface area contributed by atoms with Gasteiger partial charge in [-0.3, -0.25) is 4.79 Å². The van der Waals surface area contributed by atoms with Crippen LogP contribution in [0.4, 0.5) is 22.0 Å². The molecule has 180 valence electrons. The van der Waals surface area contributed by atoms with Gasteiger partial charge in [-0.1, -0.05) is 18.2 Å². The number of aryl methyl sites for hydroxylation is 1. The van der Waals surface area contributed by atoms with Crippen molar-refractivity contribution in [2.24, 2.45) is 7.05 Å². The third-order valence-electron chi connectivity index (χ3n) is 4.84. The number of amides is 1. The summed E-state index contributed by atoms with van der Waals surface area (Å²) in [4.78, 5) is 23.9. The van der Waals surface area contributed by atoms with Gasteiger partial charge in [0, 0.05) is 7.05 Å². The Bertz CT molecular complexity index is 1210. The fourth-order valence-corrected chi connectivity index (χ4v) is 3.13. The number of hydrogen-bond acceptors (Lipinski definition) is 4. The Hall–Kier alpha value is -3.96. The highest BCUT2D eigenvalue weighted by Crippen LogP contribution is 2.36. The Morgan fingerprint density at radius 3 is 2.32 bits per heavy atom. The first-order valence-electron chi connectivity index (χ1n) is 9.72. The molecule has 1 heterocycles. The molecular weight excluding hydrogens is 465 g/mol. The van der Waals surface area contributed by atoms with Gasteiger partial charge in [-0.2, -0.15) is 18.3 Å². The standard InChI is InChI=1S/C22H18F5N3O4/c1-11(12-6-8-13(9-7-12)21(32)33)28-19(31)16-17(18(23)24)29-30(2)20(16)34-15-5-3-4-14(10-15)22(25,26)27/h3-11,18H,1-2H3,(H,28,31)(H,32,33)/t11-/m1/s1. The van der Waals surface area contributed by atoms with Crippen LogP contribution in [-0.2, 0) is 13.2 Å². The summed E-state index contributed by atoms with van der Waals surface area (Å²) in [7, 11) is 1.21. The number of halogens is 5. The summed E-state index contributed by atoms with van der Waals surface area (Å²) in [5.74, 6) is -2.94. The summed E-state index contributed by atoms with van der Waals surface area (Å²) < 4.78 is 72.5. The maximum Gasteiger partial charge on any atom is 0.416 e. The molecule has 0 unspecified atom stereocenters. The zero-order valence-electron chi connectivity index (χ0n) is 17.7. The monoisotopic (exact) mass is 483 g/mol. The molecule has 0 saturated carbocycles. The van der Waals surface area contributed by atoms with Gasteiger partial charge in [0.05, 0.1) is 17.2 Å². The van der Waals surface area contributed by atoms with Crippen molar-refractivity contribution < 1.29 is 41.4 Å². The molecule has 7 nitrogen and oxygen atoms in total. The fraction of sp³-hybridized carbons (Fsp3) is 0.227. The van der Waals surface area contributed by atoms with Crippen molar-refractivity contribution in [3.63, 3.8) is 0 Å². The van der Waals surface area contributed by atoms with E-state index in [-0.39, 0.29) is 11.3 Å². The number of carbonyl (C=O) groups excluding carboxylic acids is 1. The zero-order valence-corrected chi connectivity index (χ0v) is 17.7. The Balaban J connectivity index is 1.92. The maximum absolute atomic E-state index is 13.6. The molecule has 0 bridgehead atoms. The molecule has 0 saturated heterocycles. The lowest BCUT2D eigenvalue weighted by Crippen LogP contribution is -2.27. The van der Waals surface area contributed by atoms with Crippen molar-refractivity contribution in [3.8, 4) is 11.6 Å². The first-order valence-corrected chi connectivity index (χ1v) is 9.72. The minimum absolute atomic E-state index is 0.0197. The van der Waals surface area contributed by atoms with Crippen LogP contribution in [0.5, 0.6) is 11.6 Å². The van der Waals surface area contributed by atoms with Gasteiger partial charge in [-0.25, -0.2) is 18.3 Å². The number of ether oxygens (including phenoxy) is 1. The molecule has 2 N–H and O–H groups in total. The topological polar surface area (TPSA) is 93.5 Å². The number of rotatable bonds is 7. The molecule has 34 heavy (non-hydrogen) atoms. The molecule has 2 aromatic carbocycles. The minimum Gasteiger partial charge on any atom is -0.478 e. The van der Waals surface area contributed by atoms with Crippen LogP contribution in [0.3, 0.4) is 0 Å². The number of carboxylic acid groups (broad SMARTS) is 1. The first kappa shape index (κ1) is 24.7. The number of alkyl halides is 5. The lowest BCUT2D eigenvalue weighted by molar-refractivity contribution is -0.137.